The van der Waals surface area contributed by atoms with Crippen molar-refractivity contribution in [3.8, 4) is 0 Å². The fourth-order valence-corrected chi connectivity index (χ4v) is 3.90. The van der Waals surface area contributed by atoms with Gasteiger partial charge in [-0.15, -0.1) is 10.2 Å². The van der Waals surface area contributed by atoms with Crippen LogP contribution in [0.5, 0.6) is 0 Å². The summed E-state index contributed by atoms with van der Waals surface area (Å²) in [6, 6.07) is 16.5. The molecule has 0 aliphatic carbocycles. The smallest absolute Gasteiger partial charge is 0.191 e. The molecule has 3 aromatic rings. The van der Waals surface area contributed by atoms with Crippen molar-refractivity contribution in [3.63, 3.8) is 0 Å². The van der Waals surface area contributed by atoms with Gasteiger partial charge in [0.25, 0.3) is 0 Å². The Morgan fingerprint density at radius 2 is 1.78 bits per heavy atom. The van der Waals surface area contributed by atoms with Gasteiger partial charge in [-0.05, 0) is 42.5 Å². The van der Waals surface area contributed by atoms with Crippen LogP contribution in [0.15, 0.2) is 53.7 Å². The van der Waals surface area contributed by atoms with E-state index in [2.05, 4.69) is 52.9 Å². The summed E-state index contributed by atoms with van der Waals surface area (Å²) in [5, 5.41) is 9.27. The van der Waals surface area contributed by atoms with Crippen molar-refractivity contribution in [3.05, 3.63) is 76.6 Å². The summed E-state index contributed by atoms with van der Waals surface area (Å²) in [6.07, 6.45) is 1.79. The van der Waals surface area contributed by atoms with Gasteiger partial charge in [0.15, 0.2) is 10.9 Å². The number of benzene rings is 2. The van der Waals surface area contributed by atoms with E-state index in [-0.39, 0.29) is 5.78 Å². The average molecular weight is 380 g/mol. The van der Waals surface area contributed by atoms with Crippen LogP contribution in [-0.4, -0.2) is 26.3 Å². The molecule has 27 heavy (non-hydrogen) atoms. The lowest BCUT2D eigenvalue weighted by atomic mass is 9.98. The minimum Gasteiger partial charge on any atom is -0.302 e. The SMILES string of the molecule is CCc1ccc(CC)c(C(=O)CSc2nnc(C)n2Cc2ccccc2)c1. The van der Waals surface area contributed by atoms with E-state index in [0.717, 1.165) is 34.9 Å². The van der Waals surface area contributed by atoms with Crippen LogP contribution in [0.1, 0.15) is 46.7 Å². The molecule has 0 unspecified atom stereocenters. The number of thioether (sulfide) groups is 1. The summed E-state index contributed by atoms with van der Waals surface area (Å²) in [6.45, 7) is 6.85. The second-order valence-corrected chi connectivity index (χ2v) is 7.45. The first-order valence-electron chi connectivity index (χ1n) is 9.33. The highest BCUT2D eigenvalue weighted by molar-refractivity contribution is 7.99. The lowest BCUT2D eigenvalue weighted by Gasteiger charge is -2.10. The highest BCUT2D eigenvalue weighted by Gasteiger charge is 2.15. The third kappa shape index (κ3) is 4.66. The minimum atomic E-state index is 0.152. The van der Waals surface area contributed by atoms with Crippen LogP contribution in [-0.2, 0) is 19.4 Å². The molecule has 0 aliphatic heterocycles. The Morgan fingerprint density at radius 3 is 2.48 bits per heavy atom. The van der Waals surface area contributed by atoms with Crippen molar-refractivity contribution in [2.24, 2.45) is 0 Å². The first kappa shape index (κ1) is 19.4. The van der Waals surface area contributed by atoms with Crippen molar-refractivity contribution in [1.82, 2.24) is 14.8 Å². The lowest BCUT2D eigenvalue weighted by Crippen LogP contribution is -2.09. The van der Waals surface area contributed by atoms with E-state index in [1.165, 1.54) is 22.9 Å². The first-order chi connectivity index (χ1) is 13.1. The topological polar surface area (TPSA) is 47.8 Å². The maximum Gasteiger partial charge on any atom is 0.191 e. The predicted molar refractivity (Wildman–Crippen MR) is 111 cm³/mol. The van der Waals surface area contributed by atoms with E-state index in [9.17, 15) is 4.79 Å². The molecule has 5 heteroatoms. The fraction of sp³-hybridized carbons (Fsp3) is 0.318. The van der Waals surface area contributed by atoms with E-state index in [0.29, 0.717) is 12.3 Å². The number of aromatic nitrogens is 3. The van der Waals surface area contributed by atoms with Gasteiger partial charge in [-0.25, -0.2) is 0 Å². The third-order valence-corrected chi connectivity index (χ3v) is 5.65. The van der Waals surface area contributed by atoms with Crippen LogP contribution in [0.4, 0.5) is 0 Å². The Kier molecular flexibility index (Phi) is 6.45. The van der Waals surface area contributed by atoms with Gasteiger partial charge in [-0.3, -0.25) is 4.79 Å². The zero-order chi connectivity index (χ0) is 19.2. The van der Waals surface area contributed by atoms with E-state index < -0.39 is 0 Å². The number of hydrogen-bond acceptors (Lipinski definition) is 4. The molecule has 0 saturated carbocycles. The summed E-state index contributed by atoms with van der Waals surface area (Å²) < 4.78 is 2.07. The van der Waals surface area contributed by atoms with Gasteiger partial charge >= 0.3 is 0 Å². The van der Waals surface area contributed by atoms with Crippen LogP contribution in [0.3, 0.4) is 0 Å². The van der Waals surface area contributed by atoms with Crippen LogP contribution >= 0.6 is 11.8 Å². The van der Waals surface area contributed by atoms with Gasteiger partial charge in [-0.1, -0.05) is 68.1 Å². The van der Waals surface area contributed by atoms with Crippen LogP contribution in [0.25, 0.3) is 0 Å². The molecular weight excluding hydrogens is 354 g/mol. The Hall–Kier alpha value is -2.40. The maximum absolute atomic E-state index is 12.9. The summed E-state index contributed by atoms with van der Waals surface area (Å²) in [5.74, 6) is 1.38. The second-order valence-electron chi connectivity index (χ2n) is 6.51. The largest absolute Gasteiger partial charge is 0.302 e. The van der Waals surface area contributed by atoms with E-state index in [1.807, 2.05) is 31.2 Å². The molecule has 0 radical (unpaired) electrons. The monoisotopic (exact) mass is 379 g/mol. The summed E-state index contributed by atoms with van der Waals surface area (Å²) in [4.78, 5) is 12.9. The van der Waals surface area contributed by atoms with Crippen molar-refractivity contribution >= 4 is 17.5 Å². The molecule has 0 aliphatic rings. The number of Topliss-reactive ketones (excluding diaryl/α,β-unsaturated/α-hetero) is 1. The number of nitrogens with zero attached hydrogens (tertiary/aromatic N) is 3. The van der Waals surface area contributed by atoms with Gasteiger partial charge in [0.05, 0.1) is 12.3 Å². The normalized spacial score (nSPS) is 10.9. The first-order valence-corrected chi connectivity index (χ1v) is 10.3. The fourth-order valence-electron chi connectivity index (χ4n) is 3.04. The van der Waals surface area contributed by atoms with Crippen molar-refractivity contribution in [1.29, 1.82) is 0 Å². The molecule has 1 heterocycles. The molecule has 0 spiro atoms. The molecule has 0 bridgehead atoms. The van der Waals surface area contributed by atoms with Gasteiger partial charge in [-0.2, -0.15) is 0 Å². The second kappa shape index (κ2) is 9.00. The minimum absolute atomic E-state index is 0.152. The Labute approximate surface area is 165 Å². The molecular formula is C22H25N3OS. The summed E-state index contributed by atoms with van der Waals surface area (Å²) in [7, 11) is 0. The van der Waals surface area contributed by atoms with Crippen LogP contribution < -0.4 is 0 Å². The molecule has 4 nitrogen and oxygen atoms in total. The zero-order valence-electron chi connectivity index (χ0n) is 16.1. The van der Waals surface area contributed by atoms with Gasteiger partial charge in [0, 0.05) is 5.56 Å². The van der Waals surface area contributed by atoms with Crippen molar-refractivity contribution < 1.29 is 4.79 Å². The number of carbonyl (C=O) groups is 1. The average Bonchev–Trinajstić information content (AvgIpc) is 3.06. The van der Waals surface area contributed by atoms with Gasteiger partial charge in [0.1, 0.15) is 5.82 Å². The zero-order valence-corrected chi connectivity index (χ0v) is 16.9. The van der Waals surface area contributed by atoms with E-state index in [4.69, 9.17) is 0 Å². The van der Waals surface area contributed by atoms with Gasteiger partial charge < -0.3 is 4.57 Å². The summed E-state index contributed by atoms with van der Waals surface area (Å²) >= 11 is 1.46. The third-order valence-electron chi connectivity index (χ3n) is 4.68. The maximum atomic E-state index is 12.9. The number of carbonyl (C=O) groups excluding carboxylic acids is 1. The molecule has 2 aromatic carbocycles. The molecule has 0 amide bonds. The molecule has 1 aromatic heterocycles. The van der Waals surface area contributed by atoms with Gasteiger partial charge in [0.2, 0.25) is 0 Å². The van der Waals surface area contributed by atoms with E-state index in [1.54, 1.807) is 0 Å². The van der Waals surface area contributed by atoms with E-state index >= 15 is 0 Å². The Bertz CT molecular complexity index is 919. The molecule has 0 saturated heterocycles. The van der Waals surface area contributed by atoms with Crippen LogP contribution in [0, 0.1) is 6.92 Å². The van der Waals surface area contributed by atoms with Crippen molar-refractivity contribution in [2.75, 3.05) is 5.75 Å². The molecule has 3 rings (SSSR count). The lowest BCUT2D eigenvalue weighted by molar-refractivity contribution is 0.102. The highest BCUT2D eigenvalue weighted by atomic mass is 32.2. The summed E-state index contributed by atoms with van der Waals surface area (Å²) in [5.41, 5.74) is 4.34. The quantitative estimate of drug-likeness (QED) is 0.419. The predicted octanol–water partition coefficient (Wildman–Crippen LogP) is 4.73. The highest BCUT2D eigenvalue weighted by Crippen LogP contribution is 2.22. The number of aryl methyl sites for hydroxylation is 3. The Balaban J connectivity index is 1.75. The number of ketones is 1. The molecule has 0 N–H and O–H groups in total. The molecule has 0 atom stereocenters. The standard InChI is InChI=1S/C22H25N3OS/c1-4-17-11-12-19(5-2)20(13-17)21(26)15-27-22-24-23-16(3)25(22)14-18-9-7-6-8-10-18/h6-13H,4-5,14-15H2,1-3H3. The number of hydrogen-bond donors (Lipinski definition) is 0. The molecule has 0 fully saturated rings. The Morgan fingerprint density at radius 1 is 1.00 bits per heavy atom. The number of rotatable bonds is 8. The molecule has 140 valence electrons. The van der Waals surface area contributed by atoms with Crippen LogP contribution in [0.2, 0.25) is 0 Å². The van der Waals surface area contributed by atoms with Crippen molar-refractivity contribution in [2.45, 2.75) is 45.3 Å².